The molecular weight excluding hydrogens is 272 g/mol. The molecule has 0 aromatic carbocycles. The van der Waals surface area contributed by atoms with E-state index in [0.29, 0.717) is 12.1 Å². The third-order valence-electron chi connectivity index (χ3n) is 4.65. The highest BCUT2D eigenvalue weighted by molar-refractivity contribution is 5.03. The number of hydrogen-bond acceptors (Lipinski definition) is 4. The van der Waals surface area contributed by atoms with Gasteiger partial charge in [0.15, 0.2) is 0 Å². The van der Waals surface area contributed by atoms with E-state index in [-0.39, 0.29) is 0 Å². The van der Waals surface area contributed by atoms with Gasteiger partial charge in [-0.25, -0.2) is 0 Å². The summed E-state index contributed by atoms with van der Waals surface area (Å²) < 4.78 is 0. The van der Waals surface area contributed by atoms with Crippen molar-refractivity contribution < 1.29 is 0 Å². The third kappa shape index (κ3) is 5.34. The Morgan fingerprint density at radius 2 is 1.41 bits per heavy atom. The number of nitrogens with zero attached hydrogens (tertiary/aromatic N) is 4. The molecule has 124 valence electrons. The molecule has 22 heavy (non-hydrogen) atoms. The van der Waals surface area contributed by atoms with Crippen molar-refractivity contribution in [2.24, 2.45) is 0 Å². The molecule has 0 bridgehead atoms. The summed E-state index contributed by atoms with van der Waals surface area (Å²) in [4.78, 5) is 12.3. The minimum atomic E-state index is 0.615. The van der Waals surface area contributed by atoms with E-state index in [1.54, 1.807) is 0 Å². The zero-order valence-electron chi connectivity index (χ0n) is 14.7. The summed E-state index contributed by atoms with van der Waals surface area (Å²) in [5, 5.41) is 0. The second-order valence-corrected chi connectivity index (χ2v) is 6.86. The predicted octanol–water partition coefficient (Wildman–Crippen LogP) is 2.32. The first-order valence-corrected chi connectivity index (χ1v) is 8.66. The van der Waals surface area contributed by atoms with Crippen molar-refractivity contribution in [3.05, 3.63) is 30.1 Å². The molecule has 0 unspecified atom stereocenters. The highest BCUT2D eigenvalue weighted by Gasteiger charge is 2.19. The average Bonchev–Trinajstić information content (AvgIpc) is 2.59. The smallest absolute Gasteiger partial charge is 0.0543 e. The summed E-state index contributed by atoms with van der Waals surface area (Å²) in [6, 6.07) is 7.43. The molecule has 2 rings (SSSR count). The topological polar surface area (TPSA) is 22.6 Å². The molecule has 1 saturated heterocycles. The van der Waals surface area contributed by atoms with E-state index in [1.165, 1.54) is 18.8 Å². The molecule has 0 aliphatic carbocycles. The molecular formula is C18H32N4. The van der Waals surface area contributed by atoms with Crippen LogP contribution in [0.15, 0.2) is 24.4 Å². The molecule has 1 aliphatic heterocycles. The van der Waals surface area contributed by atoms with Crippen molar-refractivity contribution in [3.8, 4) is 0 Å². The van der Waals surface area contributed by atoms with Gasteiger partial charge < -0.3 is 0 Å². The molecule has 1 aliphatic rings. The Morgan fingerprint density at radius 3 is 1.86 bits per heavy atom. The Labute approximate surface area is 136 Å². The number of rotatable bonds is 4. The minimum Gasteiger partial charge on any atom is -0.298 e. The molecule has 2 heterocycles. The SMILES string of the molecule is CC(C)N1CCN(Cc2ccccn2)CCN(C(C)C)CC1. The molecule has 0 N–H and O–H groups in total. The van der Waals surface area contributed by atoms with Gasteiger partial charge in [0, 0.05) is 64.1 Å². The van der Waals surface area contributed by atoms with Crippen LogP contribution in [0.1, 0.15) is 33.4 Å². The second kappa shape index (κ2) is 8.61. The first-order valence-electron chi connectivity index (χ1n) is 8.66. The van der Waals surface area contributed by atoms with Gasteiger partial charge in [0.05, 0.1) is 5.69 Å². The average molecular weight is 304 g/mol. The van der Waals surface area contributed by atoms with Crippen LogP contribution in [0.3, 0.4) is 0 Å². The van der Waals surface area contributed by atoms with Crippen LogP contribution in [0.25, 0.3) is 0 Å². The molecule has 0 spiro atoms. The molecule has 0 atom stereocenters. The Kier molecular flexibility index (Phi) is 6.80. The summed E-state index contributed by atoms with van der Waals surface area (Å²) in [6.45, 7) is 17.1. The molecule has 1 fully saturated rings. The fraction of sp³-hybridized carbons (Fsp3) is 0.722. The molecule has 1 aromatic rings. The van der Waals surface area contributed by atoms with E-state index >= 15 is 0 Å². The first kappa shape index (κ1) is 17.4. The summed E-state index contributed by atoms with van der Waals surface area (Å²) in [5.41, 5.74) is 1.17. The van der Waals surface area contributed by atoms with Crippen LogP contribution in [-0.4, -0.2) is 71.0 Å². The lowest BCUT2D eigenvalue weighted by Gasteiger charge is -2.30. The maximum absolute atomic E-state index is 4.49. The largest absolute Gasteiger partial charge is 0.298 e. The number of pyridine rings is 1. The molecule has 0 amide bonds. The fourth-order valence-corrected chi connectivity index (χ4v) is 3.04. The maximum Gasteiger partial charge on any atom is 0.0543 e. The Bertz CT molecular complexity index is 398. The second-order valence-electron chi connectivity index (χ2n) is 6.86. The van der Waals surface area contributed by atoms with Crippen molar-refractivity contribution in [1.29, 1.82) is 0 Å². The van der Waals surface area contributed by atoms with E-state index in [2.05, 4.69) is 59.5 Å². The monoisotopic (exact) mass is 304 g/mol. The molecule has 0 saturated carbocycles. The predicted molar refractivity (Wildman–Crippen MR) is 92.9 cm³/mol. The van der Waals surface area contributed by atoms with Crippen LogP contribution in [0.4, 0.5) is 0 Å². The van der Waals surface area contributed by atoms with Gasteiger partial charge in [-0.1, -0.05) is 6.07 Å². The Balaban J connectivity index is 2.02. The lowest BCUT2D eigenvalue weighted by atomic mass is 10.3. The van der Waals surface area contributed by atoms with Crippen molar-refractivity contribution in [2.45, 2.75) is 46.3 Å². The van der Waals surface area contributed by atoms with Crippen molar-refractivity contribution >= 4 is 0 Å². The Morgan fingerprint density at radius 1 is 0.864 bits per heavy atom. The fourth-order valence-electron chi connectivity index (χ4n) is 3.04. The van der Waals surface area contributed by atoms with Crippen molar-refractivity contribution in [1.82, 2.24) is 19.7 Å². The standard InChI is InChI=1S/C18H32N4/c1-16(2)21-11-9-20(15-18-7-5-6-8-19-18)10-12-22(14-13-21)17(3)4/h5-8,16-17H,9-15H2,1-4H3. The quantitative estimate of drug-likeness (QED) is 0.851. The lowest BCUT2D eigenvalue weighted by molar-refractivity contribution is 0.169. The highest BCUT2D eigenvalue weighted by Crippen LogP contribution is 2.09. The van der Waals surface area contributed by atoms with E-state index in [4.69, 9.17) is 0 Å². The summed E-state index contributed by atoms with van der Waals surface area (Å²) >= 11 is 0. The van der Waals surface area contributed by atoms with Gasteiger partial charge in [-0.3, -0.25) is 19.7 Å². The maximum atomic E-state index is 4.49. The van der Waals surface area contributed by atoms with Gasteiger partial charge in [0.2, 0.25) is 0 Å². The van der Waals surface area contributed by atoms with Gasteiger partial charge in [-0.15, -0.1) is 0 Å². The first-order chi connectivity index (χ1) is 10.6. The van der Waals surface area contributed by atoms with Gasteiger partial charge in [0.25, 0.3) is 0 Å². The zero-order chi connectivity index (χ0) is 15.9. The highest BCUT2D eigenvalue weighted by atomic mass is 15.3. The van der Waals surface area contributed by atoms with E-state index < -0.39 is 0 Å². The minimum absolute atomic E-state index is 0.615. The van der Waals surface area contributed by atoms with Crippen molar-refractivity contribution in [2.75, 3.05) is 39.3 Å². The van der Waals surface area contributed by atoms with Crippen LogP contribution in [0, 0.1) is 0 Å². The van der Waals surface area contributed by atoms with E-state index in [9.17, 15) is 0 Å². The molecule has 4 nitrogen and oxygen atoms in total. The molecule has 1 aromatic heterocycles. The zero-order valence-corrected chi connectivity index (χ0v) is 14.7. The van der Waals surface area contributed by atoms with Gasteiger partial charge in [0.1, 0.15) is 0 Å². The van der Waals surface area contributed by atoms with Crippen molar-refractivity contribution in [3.63, 3.8) is 0 Å². The van der Waals surface area contributed by atoms with Crippen LogP contribution in [0.5, 0.6) is 0 Å². The van der Waals surface area contributed by atoms with E-state index in [0.717, 1.165) is 32.7 Å². The summed E-state index contributed by atoms with van der Waals surface area (Å²) in [5.74, 6) is 0. The number of hydrogen-bond donors (Lipinski definition) is 0. The van der Waals surface area contributed by atoms with Gasteiger partial charge >= 0.3 is 0 Å². The number of aromatic nitrogens is 1. The van der Waals surface area contributed by atoms with E-state index in [1.807, 2.05) is 12.3 Å². The van der Waals surface area contributed by atoms with Crippen LogP contribution >= 0.6 is 0 Å². The van der Waals surface area contributed by atoms with Gasteiger partial charge in [-0.2, -0.15) is 0 Å². The van der Waals surface area contributed by atoms with Crippen LogP contribution < -0.4 is 0 Å². The lowest BCUT2D eigenvalue weighted by Crippen LogP contribution is -2.41. The normalized spacial score (nSPS) is 20.1. The third-order valence-corrected chi connectivity index (χ3v) is 4.65. The summed E-state index contributed by atoms with van der Waals surface area (Å²) in [6.07, 6.45) is 1.90. The van der Waals surface area contributed by atoms with Crippen LogP contribution in [-0.2, 0) is 6.54 Å². The van der Waals surface area contributed by atoms with Crippen LogP contribution in [0.2, 0.25) is 0 Å². The summed E-state index contributed by atoms with van der Waals surface area (Å²) in [7, 11) is 0. The molecule has 0 radical (unpaired) electrons. The Hall–Kier alpha value is -0.970. The molecule has 4 heteroatoms. The van der Waals surface area contributed by atoms with Gasteiger partial charge in [-0.05, 0) is 39.8 Å².